The highest BCUT2D eigenvalue weighted by atomic mass is 16.3. The van der Waals surface area contributed by atoms with Gasteiger partial charge in [-0.15, -0.1) is 0 Å². The lowest BCUT2D eigenvalue weighted by Crippen LogP contribution is -2.52. The molecule has 0 atom stereocenters. The van der Waals surface area contributed by atoms with Crippen LogP contribution in [0.25, 0.3) is 10.8 Å². The molecule has 7 heteroatoms. The Morgan fingerprint density at radius 1 is 1.21 bits per heavy atom. The van der Waals surface area contributed by atoms with E-state index in [0.29, 0.717) is 43.5 Å². The molecule has 1 amide bonds. The maximum Gasteiger partial charge on any atom is 0.275 e. The van der Waals surface area contributed by atoms with Crippen LogP contribution in [0.5, 0.6) is 0 Å². The molecule has 0 radical (unpaired) electrons. The number of aromatic amines is 1. The maximum absolute atomic E-state index is 12.8. The molecular weight excluding hydrogens is 308 g/mol. The zero-order chi connectivity index (χ0) is 17.3. The van der Waals surface area contributed by atoms with E-state index in [-0.39, 0.29) is 17.2 Å². The molecule has 2 aromatic rings. The molecule has 128 valence electrons. The molecular formula is C17H22N4O3. The number of amides is 1. The van der Waals surface area contributed by atoms with Crippen LogP contribution in [-0.2, 0) is 0 Å². The van der Waals surface area contributed by atoms with Crippen LogP contribution in [0, 0.1) is 0 Å². The molecule has 0 saturated carbocycles. The summed E-state index contributed by atoms with van der Waals surface area (Å²) in [5.41, 5.74) is -0.763. The molecule has 1 aliphatic rings. The Hall–Kier alpha value is -2.25. The van der Waals surface area contributed by atoms with Crippen molar-refractivity contribution in [3.8, 4) is 0 Å². The Morgan fingerprint density at radius 2 is 1.83 bits per heavy atom. The van der Waals surface area contributed by atoms with Gasteiger partial charge in [0.2, 0.25) is 0 Å². The van der Waals surface area contributed by atoms with Gasteiger partial charge in [-0.2, -0.15) is 5.10 Å². The SMILES string of the molecule is CC(C)(O)CN1CCN(C(=O)c2n[nH]c(=O)c3ccccc23)CC1. The van der Waals surface area contributed by atoms with E-state index in [1.807, 2.05) is 0 Å². The molecule has 2 N–H and O–H groups in total. The summed E-state index contributed by atoms with van der Waals surface area (Å²) < 4.78 is 0. The maximum atomic E-state index is 12.8. The van der Waals surface area contributed by atoms with E-state index >= 15 is 0 Å². The first-order chi connectivity index (χ1) is 11.3. The van der Waals surface area contributed by atoms with Gasteiger partial charge >= 0.3 is 0 Å². The zero-order valence-electron chi connectivity index (χ0n) is 14.0. The highest BCUT2D eigenvalue weighted by Crippen LogP contribution is 2.16. The number of rotatable bonds is 3. The molecule has 0 spiro atoms. The van der Waals surface area contributed by atoms with Crippen molar-refractivity contribution in [1.29, 1.82) is 0 Å². The Kier molecular flexibility index (Phi) is 4.38. The summed E-state index contributed by atoms with van der Waals surface area (Å²) >= 11 is 0. The zero-order valence-corrected chi connectivity index (χ0v) is 14.0. The normalized spacial score (nSPS) is 16.5. The molecule has 1 fully saturated rings. The van der Waals surface area contributed by atoms with Gasteiger partial charge in [0.1, 0.15) is 0 Å². The van der Waals surface area contributed by atoms with Crippen molar-refractivity contribution in [2.45, 2.75) is 19.4 Å². The molecule has 1 saturated heterocycles. The van der Waals surface area contributed by atoms with Gasteiger partial charge in [0.15, 0.2) is 5.69 Å². The number of aromatic nitrogens is 2. The minimum Gasteiger partial charge on any atom is -0.389 e. The lowest BCUT2D eigenvalue weighted by Gasteiger charge is -2.37. The Balaban J connectivity index is 1.77. The van der Waals surface area contributed by atoms with Crippen LogP contribution in [0.2, 0.25) is 0 Å². The van der Waals surface area contributed by atoms with Crippen LogP contribution in [0.1, 0.15) is 24.3 Å². The van der Waals surface area contributed by atoms with E-state index < -0.39 is 5.60 Å². The fourth-order valence-electron chi connectivity index (χ4n) is 3.08. The number of β-amino-alcohol motifs (C(OH)–C–C–N with tert-alkyl or cyclic N) is 1. The lowest BCUT2D eigenvalue weighted by atomic mass is 10.1. The van der Waals surface area contributed by atoms with Crippen molar-refractivity contribution in [1.82, 2.24) is 20.0 Å². The van der Waals surface area contributed by atoms with Crippen LogP contribution < -0.4 is 5.56 Å². The van der Waals surface area contributed by atoms with Gasteiger partial charge in [0.25, 0.3) is 11.5 Å². The molecule has 1 aromatic carbocycles. The van der Waals surface area contributed by atoms with E-state index in [9.17, 15) is 14.7 Å². The van der Waals surface area contributed by atoms with Crippen LogP contribution >= 0.6 is 0 Å². The van der Waals surface area contributed by atoms with Crippen LogP contribution in [0.3, 0.4) is 0 Å². The summed E-state index contributed by atoms with van der Waals surface area (Å²) in [4.78, 5) is 28.5. The molecule has 1 aliphatic heterocycles. The van der Waals surface area contributed by atoms with Gasteiger partial charge in [-0.25, -0.2) is 5.10 Å². The Bertz CT molecular complexity index is 801. The number of H-pyrrole nitrogens is 1. The highest BCUT2D eigenvalue weighted by molar-refractivity contribution is 6.04. The average Bonchev–Trinajstić information content (AvgIpc) is 2.54. The number of fused-ring (bicyclic) bond motifs is 1. The molecule has 0 unspecified atom stereocenters. The first kappa shape index (κ1) is 16.6. The van der Waals surface area contributed by atoms with Crippen LogP contribution in [0.15, 0.2) is 29.1 Å². The fraction of sp³-hybridized carbons (Fsp3) is 0.471. The first-order valence-electron chi connectivity index (χ1n) is 8.06. The third kappa shape index (κ3) is 3.47. The first-order valence-corrected chi connectivity index (χ1v) is 8.06. The lowest BCUT2D eigenvalue weighted by molar-refractivity contribution is 0.0177. The summed E-state index contributed by atoms with van der Waals surface area (Å²) in [6.07, 6.45) is 0. The Morgan fingerprint density at radius 3 is 2.46 bits per heavy atom. The largest absolute Gasteiger partial charge is 0.389 e. The second kappa shape index (κ2) is 6.33. The summed E-state index contributed by atoms with van der Waals surface area (Å²) in [7, 11) is 0. The van der Waals surface area contributed by atoms with E-state index in [0.717, 1.165) is 0 Å². The third-order valence-electron chi connectivity index (χ3n) is 4.17. The molecule has 0 aliphatic carbocycles. The van der Waals surface area contributed by atoms with Crippen LogP contribution in [-0.4, -0.2) is 69.3 Å². The van der Waals surface area contributed by atoms with Crippen molar-refractivity contribution in [3.63, 3.8) is 0 Å². The molecule has 24 heavy (non-hydrogen) atoms. The van der Waals surface area contributed by atoms with Gasteiger partial charge in [-0.3, -0.25) is 14.5 Å². The number of hydrogen-bond acceptors (Lipinski definition) is 5. The number of carbonyl (C=O) groups is 1. The molecule has 3 rings (SSSR count). The van der Waals surface area contributed by atoms with E-state index in [2.05, 4.69) is 15.1 Å². The van der Waals surface area contributed by atoms with Crippen molar-refractivity contribution in [3.05, 3.63) is 40.3 Å². The van der Waals surface area contributed by atoms with Crippen molar-refractivity contribution >= 4 is 16.7 Å². The second-order valence-corrected chi connectivity index (χ2v) is 6.83. The second-order valence-electron chi connectivity index (χ2n) is 6.83. The van der Waals surface area contributed by atoms with E-state index in [1.54, 1.807) is 43.0 Å². The molecule has 2 heterocycles. The molecule has 1 aromatic heterocycles. The third-order valence-corrected chi connectivity index (χ3v) is 4.17. The Labute approximate surface area is 139 Å². The summed E-state index contributed by atoms with van der Waals surface area (Å²) in [5.74, 6) is -0.176. The van der Waals surface area contributed by atoms with Crippen LogP contribution in [0.4, 0.5) is 0 Å². The predicted molar refractivity (Wildman–Crippen MR) is 91.0 cm³/mol. The van der Waals surface area contributed by atoms with Gasteiger partial charge < -0.3 is 10.0 Å². The van der Waals surface area contributed by atoms with Crippen molar-refractivity contribution < 1.29 is 9.90 Å². The number of nitrogens with zero attached hydrogens (tertiary/aromatic N) is 3. The number of piperazine rings is 1. The quantitative estimate of drug-likeness (QED) is 0.853. The minimum atomic E-state index is -0.747. The molecule has 0 bridgehead atoms. The average molecular weight is 330 g/mol. The van der Waals surface area contributed by atoms with Gasteiger partial charge in [0, 0.05) is 38.1 Å². The fourth-order valence-corrected chi connectivity index (χ4v) is 3.08. The summed E-state index contributed by atoms with van der Waals surface area (Å²) in [5, 5.41) is 17.3. The number of carbonyl (C=O) groups excluding carboxylic acids is 1. The summed E-state index contributed by atoms with van der Waals surface area (Å²) in [6, 6.07) is 6.99. The monoisotopic (exact) mass is 330 g/mol. The number of nitrogens with one attached hydrogen (secondary N) is 1. The van der Waals surface area contributed by atoms with Crippen molar-refractivity contribution in [2.24, 2.45) is 0 Å². The minimum absolute atomic E-state index is 0.176. The standard InChI is InChI=1S/C17H22N4O3/c1-17(2,24)11-20-7-9-21(10-8-20)16(23)14-12-5-3-4-6-13(12)15(22)19-18-14/h3-6,24H,7-11H2,1-2H3,(H,19,22). The van der Waals surface area contributed by atoms with E-state index in [4.69, 9.17) is 0 Å². The van der Waals surface area contributed by atoms with Gasteiger partial charge in [-0.1, -0.05) is 18.2 Å². The molecule has 7 nitrogen and oxygen atoms in total. The van der Waals surface area contributed by atoms with E-state index in [1.165, 1.54) is 0 Å². The predicted octanol–water partition coefficient (Wildman–Crippen LogP) is 0.452. The smallest absolute Gasteiger partial charge is 0.275 e. The van der Waals surface area contributed by atoms with Crippen molar-refractivity contribution in [2.75, 3.05) is 32.7 Å². The van der Waals surface area contributed by atoms with Gasteiger partial charge in [0.05, 0.1) is 11.0 Å². The van der Waals surface area contributed by atoms with Gasteiger partial charge in [-0.05, 0) is 19.9 Å². The summed E-state index contributed by atoms with van der Waals surface area (Å²) in [6.45, 7) is 6.69. The highest BCUT2D eigenvalue weighted by Gasteiger charge is 2.27. The number of hydrogen-bond donors (Lipinski definition) is 2. The topological polar surface area (TPSA) is 89.5 Å². The number of aliphatic hydroxyl groups is 1. The number of benzene rings is 1.